The van der Waals surface area contributed by atoms with Crippen LogP contribution in [0.3, 0.4) is 0 Å². The van der Waals surface area contributed by atoms with Crippen LogP contribution in [0.15, 0.2) is 30.3 Å². The molecular weight excluding hydrogens is 268 g/mol. The highest BCUT2D eigenvalue weighted by Crippen LogP contribution is 2.17. The third-order valence-corrected chi connectivity index (χ3v) is 4.10. The maximum absolute atomic E-state index is 12.1. The van der Waals surface area contributed by atoms with Gasteiger partial charge in [-0.15, -0.1) is 0 Å². The van der Waals surface area contributed by atoms with Gasteiger partial charge in [0.1, 0.15) is 0 Å². The van der Waals surface area contributed by atoms with Crippen LogP contribution in [0.25, 0.3) is 0 Å². The molecule has 2 rings (SSSR count). The van der Waals surface area contributed by atoms with E-state index in [0.717, 1.165) is 18.4 Å². The number of amides is 1. The van der Waals surface area contributed by atoms with E-state index in [0.29, 0.717) is 6.04 Å². The Morgan fingerprint density at radius 3 is 2.50 bits per heavy atom. The van der Waals surface area contributed by atoms with Crippen molar-refractivity contribution in [3.8, 4) is 0 Å². The van der Waals surface area contributed by atoms with Gasteiger partial charge in [0.2, 0.25) is 0 Å². The maximum atomic E-state index is 12.1. The molecule has 3 nitrogen and oxygen atoms in total. The fraction of sp³-hybridized carbons (Fsp3) is 0.500. The van der Waals surface area contributed by atoms with Gasteiger partial charge in [-0.05, 0) is 25.3 Å². The summed E-state index contributed by atoms with van der Waals surface area (Å²) in [5, 5.41) is 6.14. The molecule has 0 aromatic heterocycles. The summed E-state index contributed by atoms with van der Waals surface area (Å²) >= 11 is 5.20. The van der Waals surface area contributed by atoms with Crippen molar-refractivity contribution in [3.63, 3.8) is 0 Å². The van der Waals surface area contributed by atoms with E-state index in [-0.39, 0.29) is 16.9 Å². The molecule has 1 aliphatic carbocycles. The first-order valence-corrected chi connectivity index (χ1v) is 7.74. The van der Waals surface area contributed by atoms with Crippen LogP contribution >= 0.6 is 12.2 Å². The SMILES string of the molecule is CC(NC(=S)C(=O)NC1CCCCC1)c1ccccc1. The van der Waals surface area contributed by atoms with Crippen molar-refractivity contribution >= 4 is 23.1 Å². The van der Waals surface area contributed by atoms with Crippen LogP contribution in [0, 0.1) is 0 Å². The Bertz CT molecular complexity index is 455. The number of carbonyl (C=O) groups excluding carboxylic acids is 1. The predicted octanol–water partition coefficient (Wildman–Crippen LogP) is 3.11. The van der Waals surface area contributed by atoms with Gasteiger partial charge in [0.05, 0.1) is 0 Å². The maximum Gasteiger partial charge on any atom is 0.278 e. The minimum atomic E-state index is -0.144. The summed E-state index contributed by atoms with van der Waals surface area (Å²) in [6, 6.07) is 10.3. The van der Waals surface area contributed by atoms with E-state index in [1.807, 2.05) is 37.3 Å². The van der Waals surface area contributed by atoms with Crippen molar-refractivity contribution in [1.82, 2.24) is 10.6 Å². The molecule has 0 heterocycles. The Labute approximate surface area is 126 Å². The van der Waals surface area contributed by atoms with Crippen LogP contribution in [-0.4, -0.2) is 16.9 Å². The number of hydrogen-bond acceptors (Lipinski definition) is 2. The molecule has 0 aliphatic heterocycles. The van der Waals surface area contributed by atoms with Crippen molar-refractivity contribution in [2.24, 2.45) is 0 Å². The van der Waals surface area contributed by atoms with E-state index in [1.54, 1.807) is 0 Å². The van der Waals surface area contributed by atoms with Gasteiger partial charge in [0.25, 0.3) is 5.91 Å². The van der Waals surface area contributed by atoms with E-state index in [9.17, 15) is 4.79 Å². The van der Waals surface area contributed by atoms with E-state index >= 15 is 0 Å². The molecule has 2 N–H and O–H groups in total. The summed E-state index contributed by atoms with van der Waals surface area (Å²) in [7, 11) is 0. The second-order valence-corrected chi connectivity index (χ2v) is 5.82. The van der Waals surface area contributed by atoms with Crippen LogP contribution < -0.4 is 10.6 Å². The monoisotopic (exact) mass is 290 g/mol. The minimum Gasteiger partial charge on any atom is -0.365 e. The standard InChI is InChI=1S/C16H22N2OS/c1-12(13-8-4-2-5-9-13)17-16(20)15(19)18-14-10-6-3-7-11-14/h2,4-5,8-9,12,14H,3,6-7,10-11H2,1H3,(H,17,20)(H,18,19). The molecule has 0 radical (unpaired) electrons. The third-order valence-electron chi connectivity index (χ3n) is 3.79. The van der Waals surface area contributed by atoms with Crippen molar-refractivity contribution < 1.29 is 4.79 Å². The number of rotatable bonds is 3. The first kappa shape index (κ1) is 15.0. The Balaban J connectivity index is 1.83. The van der Waals surface area contributed by atoms with E-state index in [1.165, 1.54) is 19.3 Å². The van der Waals surface area contributed by atoms with Gasteiger partial charge in [0.15, 0.2) is 4.99 Å². The molecule has 1 unspecified atom stereocenters. The molecular formula is C16H22N2OS. The molecule has 1 atom stereocenters. The molecule has 108 valence electrons. The first-order valence-electron chi connectivity index (χ1n) is 7.33. The molecule has 1 aromatic rings. The Hall–Kier alpha value is -1.42. The van der Waals surface area contributed by atoms with Gasteiger partial charge in [0, 0.05) is 12.1 Å². The van der Waals surface area contributed by atoms with Crippen LogP contribution in [-0.2, 0) is 4.79 Å². The molecule has 1 amide bonds. The van der Waals surface area contributed by atoms with Gasteiger partial charge in [-0.25, -0.2) is 0 Å². The Kier molecular flexibility index (Phi) is 5.53. The topological polar surface area (TPSA) is 41.1 Å². The van der Waals surface area contributed by atoms with Gasteiger partial charge in [-0.2, -0.15) is 0 Å². The zero-order valence-electron chi connectivity index (χ0n) is 11.9. The lowest BCUT2D eigenvalue weighted by atomic mass is 9.95. The molecule has 1 fully saturated rings. The second-order valence-electron chi connectivity index (χ2n) is 5.41. The lowest BCUT2D eigenvalue weighted by Crippen LogP contribution is -2.44. The fourth-order valence-corrected chi connectivity index (χ4v) is 2.82. The van der Waals surface area contributed by atoms with Gasteiger partial charge >= 0.3 is 0 Å². The first-order chi connectivity index (χ1) is 9.66. The summed E-state index contributed by atoms with van der Waals surface area (Å²) in [6.07, 6.45) is 5.82. The predicted molar refractivity (Wildman–Crippen MR) is 85.6 cm³/mol. The summed E-state index contributed by atoms with van der Waals surface area (Å²) in [5.74, 6) is -0.144. The number of benzene rings is 1. The highest BCUT2D eigenvalue weighted by atomic mass is 32.1. The smallest absolute Gasteiger partial charge is 0.278 e. The summed E-state index contributed by atoms with van der Waals surface area (Å²) in [6.45, 7) is 2.01. The number of thiocarbonyl (C=S) groups is 1. The largest absolute Gasteiger partial charge is 0.365 e. The van der Waals surface area contributed by atoms with Gasteiger partial charge < -0.3 is 10.6 Å². The molecule has 0 saturated heterocycles. The highest BCUT2D eigenvalue weighted by Gasteiger charge is 2.19. The van der Waals surface area contributed by atoms with E-state index in [4.69, 9.17) is 12.2 Å². The summed E-state index contributed by atoms with van der Waals surface area (Å²) in [5.41, 5.74) is 1.13. The average Bonchev–Trinajstić information content (AvgIpc) is 2.49. The molecule has 4 heteroatoms. The molecule has 20 heavy (non-hydrogen) atoms. The second kappa shape index (κ2) is 7.39. The fourth-order valence-electron chi connectivity index (χ4n) is 2.59. The van der Waals surface area contributed by atoms with Gasteiger partial charge in [-0.1, -0.05) is 61.8 Å². The van der Waals surface area contributed by atoms with Crippen LogP contribution in [0.4, 0.5) is 0 Å². The third kappa shape index (κ3) is 4.30. The number of carbonyl (C=O) groups is 1. The van der Waals surface area contributed by atoms with Crippen molar-refractivity contribution in [1.29, 1.82) is 0 Å². The molecule has 0 spiro atoms. The normalized spacial score (nSPS) is 17.2. The number of hydrogen-bond donors (Lipinski definition) is 2. The van der Waals surface area contributed by atoms with Crippen molar-refractivity contribution in [2.75, 3.05) is 0 Å². The zero-order valence-corrected chi connectivity index (χ0v) is 12.7. The van der Waals surface area contributed by atoms with Crippen molar-refractivity contribution in [2.45, 2.75) is 51.1 Å². The van der Waals surface area contributed by atoms with Gasteiger partial charge in [-0.3, -0.25) is 4.79 Å². The quantitative estimate of drug-likeness (QED) is 0.840. The zero-order chi connectivity index (χ0) is 14.4. The Morgan fingerprint density at radius 1 is 1.20 bits per heavy atom. The van der Waals surface area contributed by atoms with Crippen LogP contribution in [0.1, 0.15) is 50.6 Å². The highest BCUT2D eigenvalue weighted by molar-refractivity contribution is 7.82. The summed E-state index contributed by atoms with van der Waals surface area (Å²) in [4.78, 5) is 12.3. The van der Waals surface area contributed by atoms with Crippen molar-refractivity contribution in [3.05, 3.63) is 35.9 Å². The average molecular weight is 290 g/mol. The molecule has 1 aliphatic rings. The van der Waals surface area contributed by atoms with Crippen LogP contribution in [0.2, 0.25) is 0 Å². The molecule has 0 bridgehead atoms. The molecule has 1 aromatic carbocycles. The number of nitrogens with one attached hydrogen (secondary N) is 2. The lowest BCUT2D eigenvalue weighted by molar-refractivity contribution is -0.115. The summed E-state index contributed by atoms with van der Waals surface area (Å²) < 4.78 is 0. The van der Waals surface area contributed by atoms with Crippen LogP contribution in [0.5, 0.6) is 0 Å². The van der Waals surface area contributed by atoms with E-state index in [2.05, 4.69) is 10.6 Å². The Morgan fingerprint density at radius 2 is 1.85 bits per heavy atom. The lowest BCUT2D eigenvalue weighted by Gasteiger charge is -2.23. The van der Waals surface area contributed by atoms with E-state index < -0.39 is 0 Å². The minimum absolute atomic E-state index is 0.0424. The molecule has 1 saturated carbocycles.